The van der Waals surface area contributed by atoms with Crippen molar-refractivity contribution in [3.05, 3.63) is 28.8 Å². The van der Waals surface area contributed by atoms with Crippen LogP contribution in [0.25, 0.3) is 0 Å². The summed E-state index contributed by atoms with van der Waals surface area (Å²) in [4.78, 5) is 4.92. The number of hydroxylamine groups is 1. The Morgan fingerprint density at radius 3 is 2.79 bits per heavy atom. The Kier molecular flexibility index (Phi) is 2.44. The second kappa shape index (κ2) is 3.59. The van der Waals surface area contributed by atoms with Crippen LogP contribution in [-0.2, 0) is 4.84 Å². The molecule has 0 aliphatic carbocycles. The van der Waals surface area contributed by atoms with Gasteiger partial charge in [0.1, 0.15) is 12.4 Å². The predicted molar refractivity (Wildman–Crippen MR) is 54.3 cm³/mol. The Balaban J connectivity index is 2.35. The van der Waals surface area contributed by atoms with Crippen molar-refractivity contribution in [3.63, 3.8) is 0 Å². The van der Waals surface area contributed by atoms with Gasteiger partial charge in [-0.1, -0.05) is 6.07 Å². The van der Waals surface area contributed by atoms with Gasteiger partial charge in [-0.15, -0.1) is 0 Å². The molecule has 0 radical (unpaired) electrons. The minimum atomic E-state index is 0.161. The molecule has 3 heteroatoms. The smallest absolute Gasteiger partial charge is 0.124 e. The molecule has 0 amide bonds. The maximum atomic E-state index is 5.56. The molecule has 0 saturated heterocycles. The normalized spacial score (nSPS) is 19.2. The number of benzene rings is 1. The van der Waals surface area contributed by atoms with Crippen molar-refractivity contribution in [2.75, 3.05) is 13.7 Å². The van der Waals surface area contributed by atoms with Gasteiger partial charge in [-0.05, 0) is 31.0 Å². The molecular weight excluding hydrogens is 178 g/mol. The Bertz CT molecular complexity index is 349. The number of hydrogen-bond acceptors (Lipinski definition) is 3. The van der Waals surface area contributed by atoms with Gasteiger partial charge in [-0.25, -0.2) is 0 Å². The van der Waals surface area contributed by atoms with Crippen LogP contribution in [0.4, 0.5) is 0 Å². The molecule has 1 N–H and O–H groups in total. The second-order valence-electron chi connectivity index (χ2n) is 3.66. The Morgan fingerprint density at radius 2 is 2.07 bits per heavy atom. The molecule has 0 spiro atoms. The molecule has 1 aliphatic heterocycles. The van der Waals surface area contributed by atoms with Crippen LogP contribution < -0.4 is 10.2 Å². The van der Waals surface area contributed by atoms with Gasteiger partial charge in [0.25, 0.3) is 0 Å². The summed E-state index contributed by atoms with van der Waals surface area (Å²) in [6, 6.07) is 4.41. The monoisotopic (exact) mass is 193 g/mol. The van der Waals surface area contributed by atoms with Gasteiger partial charge in [0, 0.05) is 5.56 Å². The molecule has 0 saturated carbocycles. The number of fused-ring (bicyclic) bond motifs is 1. The van der Waals surface area contributed by atoms with Gasteiger partial charge in [0.2, 0.25) is 0 Å². The molecule has 14 heavy (non-hydrogen) atoms. The number of rotatable bonds is 2. The maximum Gasteiger partial charge on any atom is 0.124 e. The van der Waals surface area contributed by atoms with Crippen LogP contribution in [-0.4, -0.2) is 13.7 Å². The van der Waals surface area contributed by atoms with Crippen molar-refractivity contribution in [1.82, 2.24) is 5.48 Å². The second-order valence-corrected chi connectivity index (χ2v) is 3.66. The third-order valence-corrected chi connectivity index (χ3v) is 2.67. The van der Waals surface area contributed by atoms with Gasteiger partial charge < -0.3 is 9.57 Å². The molecule has 1 aromatic rings. The fourth-order valence-electron chi connectivity index (χ4n) is 1.71. The Morgan fingerprint density at radius 1 is 1.36 bits per heavy atom. The zero-order valence-corrected chi connectivity index (χ0v) is 8.76. The average molecular weight is 193 g/mol. The van der Waals surface area contributed by atoms with Gasteiger partial charge >= 0.3 is 0 Å². The third-order valence-electron chi connectivity index (χ3n) is 2.67. The molecule has 2 rings (SSSR count). The molecule has 1 aliphatic rings. The van der Waals surface area contributed by atoms with Crippen LogP contribution in [0, 0.1) is 13.8 Å². The predicted octanol–water partition coefficient (Wildman–Crippen LogP) is 1.89. The lowest BCUT2D eigenvalue weighted by Gasteiger charge is -2.09. The van der Waals surface area contributed by atoms with Gasteiger partial charge in [0.05, 0.1) is 13.2 Å². The minimum Gasteiger partial charge on any atom is -0.491 e. The molecule has 0 bridgehead atoms. The molecule has 0 fully saturated rings. The molecule has 76 valence electrons. The van der Waals surface area contributed by atoms with Crippen LogP contribution in [0.15, 0.2) is 12.1 Å². The highest BCUT2D eigenvalue weighted by Gasteiger charge is 2.24. The lowest BCUT2D eigenvalue weighted by molar-refractivity contribution is 0.0536. The number of ether oxygens (including phenoxy) is 1. The van der Waals surface area contributed by atoms with E-state index in [4.69, 9.17) is 9.57 Å². The standard InChI is InChI=1S/C11H15NO2/c1-7-4-9-10(12-13-3)6-14-11(9)5-8(7)2/h4-5,10,12H,6H2,1-3H3. The molecule has 1 heterocycles. The first-order chi connectivity index (χ1) is 6.72. The average Bonchev–Trinajstić information content (AvgIpc) is 2.51. The largest absolute Gasteiger partial charge is 0.491 e. The summed E-state index contributed by atoms with van der Waals surface area (Å²) in [7, 11) is 1.62. The summed E-state index contributed by atoms with van der Waals surface area (Å²) < 4.78 is 5.56. The van der Waals surface area contributed by atoms with Crippen molar-refractivity contribution in [2.24, 2.45) is 0 Å². The highest BCUT2D eigenvalue weighted by atomic mass is 16.6. The quantitative estimate of drug-likeness (QED) is 0.727. The first-order valence-electron chi connectivity index (χ1n) is 4.75. The highest BCUT2D eigenvalue weighted by molar-refractivity contribution is 5.45. The molecule has 1 unspecified atom stereocenters. The SMILES string of the molecule is CONC1COc2cc(C)c(C)cc21. The van der Waals surface area contributed by atoms with Crippen molar-refractivity contribution in [3.8, 4) is 5.75 Å². The minimum absolute atomic E-state index is 0.161. The summed E-state index contributed by atoms with van der Waals surface area (Å²) in [5.74, 6) is 0.975. The van der Waals surface area contributed by atoms with Crippen molar-refractivity contribution < 1.29 is 9.57 Å². The summed E-state index contributed by atoms with van der Waals surface area (Å²) >= 11 is 0. The van der Waals surface area contributed by atoms with Gasteiger partial charge in [-0.2, -0.15) is 5.48 Å². The zero-order valence-electron chi connectivity index (χ0n) is 8.76. The summed E-state index contributed by atoms with van der Waals surface area (Å²) in [6.45, 7) is 4.85. The molecule has 0 aromatic heterocycles. The van der Waals surface area contributed by atoms with Gasteiger partial charge in [-0.3, -0.25) is 0 Å². The van der Waals surface area contributed by atoms with Gasteiger partial charge in [0.15, 0.2) is 0 Å². The zero-order chi connectivity index (χ0) is 10.1. The van der Waals surface area contributed by atoms with Crippen LogP contribution in [0.5, 0.6) is 5.75 Å². The third kappa shape index (κ3) is 1.49. The number of hydrogen-bond donors (Lipinski definition) is 1. The first-order valence-corrected chi connectivity index (χ1v) is 4.75. The highest BCUT2D eigenvalue weighted by Crippen LogP contribution is 2.34. The molecule has 1 atom stereocenters. The molecular formula is C11H15NO2. The van der Waals surface area contributed by atoms with Crippen molar-refractivity contribution in [1.29, 1.82) is 0 Å². The van der Waals surface area contributed by atoms with Crippen molar-refractivity contribution >= 4 is 0 Å². The summed E-state index contributed by atoms with van der Waals surface area (Å²) in [5.41, 5.74) is 6.67. The Labute approximate surface area is 84.0 Å². The number of aryl methyl sites for hydroxylation is 2. The number of nitrogens with one attached hydrogen (secondary N) is 1. The van der Waals surface area contributed by atoms with E-state index in [1.807, 2.05) is 0 Å². The van der Waals surface area contributed by atoms with E-state index in [2.05, 4.69) is 31.5 Å². The summed E-state index contributed by atoms with van der Waals surface area (Å²) in [6.07, 6.45) is 0. The van der Waals surface area contributed by atoms with E-state index in [0.29, 0.717) is 6.61 Å². The van der Waals surface area contributed by atoms with Crippen LogP contribution in [0.2, 0.25) is 0 Å². The fraction of sp³-hybridized carbons (Fsp3) is 0.455. The van der Waals surface area contributed by atoms with E-state index in [1.165, 1.54) is 16.7 Å². The van der Waals surface area contributed by atoms with E-state index in [9.17, 15) is 0 Å². The van der Waals surface area contributed by atoms with Crippen LogP contribution in [0.3, 0.4) is 0 Å². The van der Waals surface area contributed by atoms with E-state index in [0.717, 1.165) is 5.75 Å². The van der Waals surface area contributed by atoms with E-state index in [-0.39, 0.29) is 6.04 Å². The van der Waals surface area contributed by atoms with Crippen LogP contribution >= 0.6 is 0 Å². The van der Waals surface area contributed by atoms with E-state index < -0.39 is 0 Å². The van der Waals surface area contributed by atoms with E-state index >= 15 is 0 Å². The topological polar surface area (TPSA) is 30.5 Å². The lowest BCUT2D eigenvalue weighted by atomic mass is 10.0. The lowest BCUT2D eigenvalue weighted by Crippen LogP contribution is -2.20. The molecule has 1 aromatic carbocycles. The Hall–Kier alpha value is -1.06. The maximum absolute atomic E-state index is 5.56. The van der Waals surface area contributed by atoms with Crippen LogP contribution in [0.1, 0.15) is 22.7 Å². The molecule has 3 nitrogen and oxygen atoms in total. The summed E-state index contributed by atoms with van der Waals surface area (Å²) in [5, 5.41) is 0. The first kappa shape index (κ1) is 9.49. The fourth-order valence-corrected chi connectivity index (χ4v) is 1.71. The van der Waals surface area contributed by atoms with Crippen molar-refractivity contribution in [2.45, 2.75) is 19.9 Å². The van der Waals surface area contributed by atoms with E-state index in [1.54, 1.807) is 7.11 Å².